The van der Waals surface area contributed by atoms with Gasteiger partial charge in [0, 0.05) is 49.1 Å². The highest BCUT2D eigenvalue weighted by Crippen LogP contribution is 2.39. The minimum absolute atomic E-state index is 0.103. The number of ether oxygens (including phenoxy) is 1. The molecular weight excluding hydrogens is 439 g/mol. The number of aromatic amines is 1. The molecule has 1 aromatic carbocycles. The van der Waals surface area contributed by atoms with Crippen LogP contribution in [-0.2, 0) is 17.7 Å². The number of aromatic nitrogens is 1. The smallest absolute Gasteiger partial charge is 0.256 e. The molecule has 6 nitrogen and oxygen atoms in total. The zero-order valence-corrected chi connectivity index (χ0v) is 19.6. The summed E-state index contributed by atoms with van der Waals surface area (Å²) in [5.41, 5.74) is 3.77. The van der Waals surface area contributed by atoms with Crippen LogP contribution in [0.1, 0.15) is 57.1 Å². The Morgan fingerprint density at radius 2 is 2.00 bits per heavy atom. The van der Waals surface area contributed by atoms with Crippen molar-refractivity contribution in [2.75, 3.05) is 26.9 Å². The minimum atomic E-state index is -0.247. The van der Waals surface area contributed by atoms with Gasteiger partial charge in [0.25, 0.3) is 11.5 Å². The number of carbonyl (C=O) groups is 1. The van der Waals surface area contributed by atoms with Crippen molar-refractivity contribution in [3.05, 3.63) is 66.0 Å². The molecule has 1 aromatic heterocycles. The maximum Gasteiger partial charge on any atom is 0.256 e. The summed E-state index contributed by atoms with van der Waals surface area (Å²) in [6, 6.07) is 3.67. The highest BCUT2D eigenvalue weighted by Gasteiger charge is 2.32. The number of rotatable bonds is 8. The van der Waals surface area contributed by atoms with Gasteiger partial charge in [-0.3, -0.25) is 9.59 Å². The van der Waals surface area contributed by atoms with E-state index < -0.39 is 0 Å². The van der Waals surface area contributed by atoms with Crippen molar-refractivity contribution in [1.29, 1.82) is 0 Å². The Balaban J connectivity index is 1.95. The van der Waals surface area contributed by atoms with Crippen LogP contribution >= 0.6 is 23.2 Å². The van der Waals surface area contributed by atoms with Crippen molar-refractivity contribution in [2.45, 2.75) is 45.6 Å². The molecule has 1 aliphatic heterocycles. The molecule has 3 rings (SSSR count). The molecule has 0 aliphatic carbocycles. The van der Waals surface area contributed by atoms with Gasteiger partial charge in [-0.25, -0.2) is 0 Å². The van der Waals surface area contributed by atoms with E-state index in [4.69, 9.17) is 27.9 Å². The lowest BCUT2D eigenvalue weighted by Gasteiger charge is -2.31. The second kappa shape index (κ2) is 10.2. The van der Waals surface area contributed by atoms with Gasteiger partial charge in [-0.05, 0) is 61.9 Å². The molecule has 2 aromatic rings. The van der Waals surface area contributed by atoms with Gasteiger partial charge in [-0.2, -0.15) is 0 Å². The fourth-order valence-corrected chi connectivity index (χ4v) is 4.90. The van der Waals surface area contributed by atoms with Crippen molar-refractivity contribution >= 4 is 29.1 Å². The number of nitrogens with zero attached hydrogens (tertiary/aromatic N) is 1. The number of amides is 1. The summed E-state index contributed by atoms with van der Waals surface area (Å²) in [5.74, 6) is -0.487. The first-order chi connectivity index (χ1) is 14.8. The highest BCUT2D eigenvalue weighted by atomic mass is 35.5. The van der Waals surface area contributed by atoms with Crippen LogP contribution in [0.4, 0.5) is 0 Å². The normalized spacial score (nSPS) is 14.6. The van der Waals surface area contributed by atoms with E-state index in [0.717, 1.165) is 23.2 Å². The predicted molar refractivity (Wildman–Crippen MR) is 122 cm³/mol. The van der Waals surface area contributed by atoms with Crippen molar-refractivity contribution in [3.8, 4) is 0 Å². The van der Waals surface area contributed by atoms with E-state index >= 15 is 0 Å². The van der Waals surface area contributed by atoms with Crippen LogP contribution < -0.4 is 5.56 Å². The lowest BCUT2D eigenvalue weighted by atomic mass is 9.89. The number of pyridine rings is 1. The van der Waals surface area contributed by atoms with Crippen LogP contribution in [0, 0.1) is 13.8 Å². The molecule has 1 amide bonds. The summed E-state index contributed by atoms with van der Waals surface area (Å²) >= 11 is 13.2. The number of carbonyl (C=O) groups excluding carboxylic acids is 1. The number of aliphatic hydroxyl groups excluding tert-OH is 1. The monoisotopic (exact) mass is 466 g/mol. The summed E-state index contributed by atoms with van der Waals surface area (Å²) in [4.78, 5) is 30.3. The van der Waals surface area contributed by atoms with E-state index in [1.807, 2.05) is 19.9 Å². The van der Waals surface area contributed by atoms with Crippen molar-refractivity contribution in [1.82, 2.24) is 9.88 Å². The van der Waals surface area contributed by atoms with Crippen LogP contribution in [0.15, 0.2) is 16.9 Å². The quantitative estimate of drug-likeness (QED) is 0.575. The number of aliphatic hydroxyl groups is 1. The second-order valence-electron chi connectivity index (χ2n) is 8.05. The zero-order chi connectivity index (χ0) is 22.7. The maximum atomic E-state index is 13.4. The van der Waals surface area contributed by atoms with Crippen LogP contribution in [0.2, 0.25) is 10.0 Å². The van der Waals surface area contributed by atoms with E-state index in [1.165, 1.54) is 0 Å². The second-order valence-corrected chi connectivity index (χ2v) is 8.83. The van der Waals surface area contributed by atoms with Crippen molar-refractivity contribution in [3.63, 3.8) is 0 Å². The Bertz CT molecular complexity index is 1040. The summed E-state index contributed by atoms with van der Waals surface area (Å²) in [6.07, 6.45) is 1.97. The maximum absolute atomic E-state index is 13.4. The van der Waals surface area contributed by atoms with Gasteiger partial charge in [0.05, 0.1) is 17.1 Å². The molecule has 168 valence electrons. The van der Waals surface area contributed by atoms with E-state index in [-0.39, 0.29) is 30.5 Å². The first-order valence-corrected chi connectivity index (χ1v) is 11.1. The van der Waals surface area contributed by atoms with Crippen LogP contribution in [0.3, 0.4) is 0 Å². The first-order valence-electron chi connectivity index (χ1n) is 10.4. The van der Waals surface area contributed by atoms with Gasteiger partial charge >= 0.3 is 0 Å². The van der Waals surface area contributed by atoms with E-state index in [9.17, 15) is 14.7 Å². The molecule has 1 atom stereocenters. The van der Waals surface area contributed by atoms with Gasteiger partial charge in [0.2, 0.25) is 0 Å². The van der Waals surface area contributed by atoms with Crippen LogP contribution in [-0.4, -0.2) is 47.8 Å². The predicted octanol–water partition coefficient (Wildman–Crippen LogP) is 4.00. The summed E-state index contributed by atoms with van der Waals surface area (Å²) < 4.78 is 5.10. The van der Waals surface area contributed by atoms with Gasteiger partial charge in [-0.15, -0.1) is 0 Å². The van der Waals surface area contributed by atoms with Gasteiger partial charge in [0.1, 0.15) is 0 Å². The Labute approximate surface area is 192 Å². The molecule has 0 spiro atoms. The minimum Gasteiger partial charge on any atom is -0.396 e. The number of fused-ring (bicyclic) bond motifs is 1. The summed E-state index contributed by atoms with van der Waals surface area (Å²) in [7, 11) is 1.63. The molecule has 8 heteroatoms. The fraction of sp³-hybridized carbons (Fsp3) is 0.478. The lowest BCUT2D eigenvalue weighted by Crippen LogP contribution is -2.39. The van der Waals surface area contributed by atoms with E-state index in [2.05, 4.69) is 4.98 Å². The number of H-pyrrole nitrogens is 1. The third-order valence-electron chi connectivity index (χ3n) is 5.88. The summed E-state index contributed by atoms with van der Waals surface area (Å²) in [5, 5.41) is 10.7. The molecule has 0 saturated heterocycles. The SMILES string of the molecule is COCCCC(CO)c1cc(Cl)c2c(c1Cl)C(=O)N(Cc1c(C)cc(C)[nH]c1=O)CC2. The number of hydrogen-bond acceptors (Lipinski definition) is 4. The number of aryl methyl sites for hydroxylation is 2. The number of hydrogen-bond donors (Lipinski definition) is 2. The molecule has 0 radical (unpaired) electrons. The zero-order valence-electron chi connectivity index (χ0n) is 18.1. The van der Waals surface area contributed by atoms with Crippen molar-refractivity contribution in [2.24, 2.45) is 0 Å². The molecule has 1 unspecified atom stereocenters. The van der Waals surface area contributed by atoms with Crippen LogP contribution in [0.5, 0.6) is 0 Å². The van der Waals surface area contributed by atoms with E-state index in [0.29, 0.717) is 52.7 Å². The molecule has 0 fully saturated rings. The molecule has 2 heterocycles. The Hall–Kier alpha value is -1.86. The fourth-order valence-electron chi connectivity index (χ4n) is 4.19. The number of benzene rings is 1. The van der Waals surface area contributed by atoms with E-state index in [1.54, 1.807) is 18.1 Å². The third-order valence-corrected chi connectivity index (χ3v) is 6.63. The number of methoxy groups -OCH3 is 1. The third kappa shape index (κ3) is 4.98. The number of nitrogens with one attached hydrogen (secondary N) is 1. The standard InChI is InChI=1S/C23H28Cl2N2O4/c1-13-9-14(2)26-22(29)18(13)11-27-7-6-16-19(24)10-17(21(25)20(16)23(27)30)15(12-28)5-4-8-31-3/h9-10,15,28H,4-8,11-12H2,1-3H3,(H,26,29). The van der Waals surface area contributed by atoms with Gasteiger partial charge in [-0.1, -0.05) is 23.2 Å². The highest BCUT2D eigenvalue weighted by molar-refractivity contribution is 6.37. The van der Waals surface area contributed by atoms with Gasteiger partial charge < -0.3 is 19.7 Å². The van der Waals surface area contributed by atoms with Gasteiger partial charge in [0.15, 0.2) is 0 Å². The van der Waals surface area contributed by atoms with Crippen molar-refractivity contribution < 1.29 is 14.6 Å². The molecule has 0 saturated carbocycles. The molecule has 0 bridgehead atoms. The Kier molecular flexibility index (Phi) is 7.81. The summed E-state index contributed by atoms with van der Waals surface area (Å²) in [6.45, 7) is 4.82. The average Bonchev–Trinajstić information content (AvgIpc) is 2.72. The molecule has 1 aliphatic rings. The Morgan fingerprint density at radius 3 is 2.65 bits per heavy atom. The lowest BCUT2D eigenvalue weighted by molar-refractivity contribution is 0.0726. The Morgan fingerprint density at radius 1 is 1.26 bits per heavy atom. The number of halogens is 2. The molecular formula is C23H28Cl2N2O4. The topological polar surface area (TPSA) is 82.6 Å². The average molecular weight is 467 g/mol. The first kappa shape index (κ1) is 23.8. The van der Waals surface area contributed by atoms with Crippen LogP contribution in [0.25, 0.3) is 0 Å². The molecule has 31 heavy (non-hydrogen) atoms. The largest absolute Gasteiger partial charge is 0.396 e. The molecule has 2 N–H and O–H groups in total.